The third-order valence-electron chi connectivity index (χ3n) is 4.30. The van der Waals surface area contributed by atoms with Crippen LogP contribution in [-0.2, 0) is 0 Å². The monoisotopic (exact) mass is 247 g/mol. The second-order valence-electron chi connectivity index (χ2n) is 6.28. The lowest BCUT2D eigenvalue weighted by Crippen LogP contribution is -2.45. The second-order valence-corrected chi connectivity index (χ2v) is 6.28. The molecular weight excluding hydrogens is 222 g/mol. The van der Waals surface area contributed by atoms with Crippen LogP contribution in [0.15, 0.2) is 18.2 Å². The zero-order valence-corrected chi connectivity index (χ0v) is 12.2. The lowest BCUT2D eigenvalue weighted by Gasteiger charge is -2.38. The summed E-state index contributed by atoms with van der Waals surface area (Å²) in [6.45, 7) is 11.9. The van der Waals surface area contributed by atoms with Crippen LogP contribution in [0, 0.1) is 6.92 Å². The molecule has 1 N–H and O–H groups in total. The number of aryl methyl sites for hydroxylation is 1. The number of para-hydroxylation sites is 1. The molecule has 1 aromatic rings. The van der Waals surface area contributed by atoms with E-state index in [1.54, 1.807) is 0 Å². The minimum Gasteiger partial charge on any atom is -0.391 e. The Morgan fingerprint density at radius 1 is 1.33 bits per heavy atom. The molecule has 1 aliphatic heterocycles. The van der Waals surface area contributed by atoms with E-state index in [2.05, 4.69) is 57.7 Å². The topological polar surface area (TPSA) is 23.5 Å². The van der Waals surface area contributed by atoms with E-state index in [1.807, 2.05) is 0 Å². The van der Waals surface area contributed by atoms with Gasteiger partial charge in [0.05, 0.1) is 11.6 Å². The average Bonchev–Trinajstić information content (AvgIpc) is 2.54. The van der Waals surface area contributed by atoms with Gasteiger partial charge in [-0.2, -0.15) is 0 Å². The molecule has 0 radical (unpaired) electrons. The standard InChI is InChI=1S/C16H25NO/c1-11(2)13-8-6-7-12(3)15(13)17-10-9-14(18)16(17,4)5/h6-8,11,14,18H,9-10H2,1-5H3. The zero-order chi connectivity index (χ0) is 13.5. The van der Waals surface area contributed by atoms with Crippen molar-refractivity contribution in [3.63, 3.8) is 0 Å². The molecule has 0 aromatic heterocycles. The van der Waals surface area contributed by atoms with Crippen LogP contribution in [0.25, 0.3) is 0 Å². The fourth-order valence-electron chi connectivity index (χ4n) is 2.99. The summed E-state index contributed by atoms with van der Waals surface area (Å²) in [5, 5.41) is 10.2. The van der Waals surface area contributed by atoms with Crippen LogP contribution >= 0.6 is 0 Å². The summed E-state index contributed by atoms with van der Waals surface area (Å²) in [6.07, 6.45) is 0.621. The molecule has 1 heterocycles. The molecule has 2 nitrogen and oxygen atoms in total. The Morgan fingerprint density at radius 2 is 2.00 bits per heavy atom. The lowest BCUT2D eigenvalue weighted by molar-refractivity contribution is 0.127. The van der Waals surface area contributed by atoms with Crippen LogP contribution in [-0.4, -0.2) is 23.3 Å². The summed E-state index contributed by atoms with van der Waals surface area (Å²) in [5.41, 5.74) is 3.85. The molecule has 2 heteroatoms. The summed E-state index contributed by atoms with van der Waals surface area (Å²) < 4.78 is 0. The predicted molar refractivity (Wildman–Crippen MR) is 77.3 cm³/mol. The van der Waals surface area contributed by atoms with Gasteiger partial charge in [0.25, 0.3) is 0 Å². The highest BCUT2D eigenvalue weighted by atomic mass is 16.3. The van der Waals surface area contributed by atoms with E-state index < -0.39 is 0 Å². The second kappa shape index (κ2) is 4.58. The predicted octanol–water partition coefficient (Wildman–Crippen LogP) is 3.47. The Labute approximate surface area is 111 Å². The highest BCUT2D eigenvalue weighted by Gasteiger charge is 2.41. The van der Waals surface area contributed by atoms with Gasteiger partial charge in [-0.1, -0.05) is 32.0 Å². The zero-order valence-electron chi connectivity index (χ0n) is 12.2. The van der Waals surface area contributed by atoms with Crippen molar-refractivity contribution in [2.45, 2.75) is 58.6 Å². The molecule has 1 unspecified atom stereocenters. The fourth-order valence-corrected chi connectivity index (χ4v) is 2.99. The van der Waals surface area contributed by atoms with Crippen molar-refractivity contribution in [1.29, 1.82) is 0 Å². The molecule has 0 bridgehead atoms. The molecule has 0 amide bonds. The molecule has 18 heavy (non-hydrogen) atoms. The van der Waals surface area contributed by atoms with Gasteiger partial charge in [0.2, 0.25) is 0 Å². The number of aliphatic hydroxyl groups excluding tert-OH is 1. The highest BCUT2D eigenvalue weighted by molar-refractivity contribution is 5.63. The van der Waals surface area contributed by atoms with Gasteiger partial charge in [0, 0.05) is 12.2 Å². The van der Waals surface area contributed by atoms with Gasteiger partial charge in [-0.25, -0.2) is 0 Å². The largest absolute Gasteiger partial charge is 0.391 e. The van der Waals surface area contributed by atoms with Crippen molar-refractivity contribution in [3.8, 4) is 0 Å². The summed E-state index contributed by atoms with van der Waals surface area (Å²) in [5.74, 6) is 0.508. The fraction of sp³-hybridized carbons (Fsp3) is 0.625. The Bertz CT molecular complexity index is 437. The Balaban J connectivity index is 2.51. The number of aliphatic hydroxyl groups is 1. The molecule has 100 valence electrons. The molecule has 2 rings (SSSR count). The van der Waals surface area contributed by atoms with Crippen LogP contribution in [0.3, 0.4) is 0 Å². The molecular formula is C16H25NO. The van der Waals surface area contributed by atoms with Gasteiger partial charge in [0.15, 0.2) is 0 Å². The van der Waals surface area contributed by atoms with Crippen LogP contribution in [0.5, 0.6) is 0 Å². The summed E-state index contributed by atoms with van der Waals surface area (Å²) in [4.78, 5) is 2.39. The van der Waals surface area contributed by atoms with Crippen LogP contribution < -0.4 is 4.90 Å². The van der Waals surface area contributed by atoms with Crippen molar-refractivity contribution >= 4 is 5.69 Å². The summed E-state index contributed by atoms with van der Waals surface area (Å²) in [7, 11) is 0. The number of hydrogen-bond donors (Lipinski definition) is 1. The van der Waals surface area contributed by atoms with Gasteiger partial charge in [-0.3, -0.25) is 0 Å². The number of nitrogens with zero attached hydrogens (tertiary/aromatic N) is 1. The normalized spacial score (nSPS) is 22.8. The van der Waals surface area contributed by atoms with E-state index in [0.29, 0.717) is 5.92 Å². The molecule has 0 spiro atoms. The summed E-state index contributed by atoms with van der Waals surface area (Å²) in [6, 6.07) is 6.52. The van der Waals surface area contributed by atoms with Crippen molar-refractivity contribution < 1.29 is 5.11 Å². The van der Waals surface area contributed by atoms with Gasteiger partial charge in [-0.15, -0.1) is 0 Å². The average molecular weight is 247 g/mol. The quantitative estimate of drug-likeness (QED) is 0.865. The first-order chi connectivity index (χ1) is 8.35. The van der Waals surface area contributed by atoms with Gasteiger partial charge in [-0.05, 0) is 44.2 Å². The third-order valence-corrected chi connectivity index (χ3v) is 4.30. The van der Waals surface area contributed by atoms with Crippen molar-refractivity contribution in [2.75, 3.05) is 11.4 Å². The van der Waals surface area contributed by atoms with Gasteiger partial charge < -0.3 is 10.0 Å². The molecule has 1 fully saturated rings. The molecule has 1 aliphatic rings. The molecule has 0 aliphatic carbocycles. The number of rotatable bonds is 2. The van der Waals surface area contributed by atoms with E-state index in [-0.39, 0.29) is 11.6 Å². The molecule has 0 saturated carbocycles. The first kappa shape index (κ1) is 13.4. The Kier molecular flexibility index (Phi) is 3.41. The molecule has 1 aromatic carbocycles. The van der Waals surface area contributed by atoms with Crippen molar-refractivity contribution in [3.05, 3.63) is 29.3 Å². The first-order valence-electron chi connectivity index (χ1n) is 6.91. The third kappa shape index (κ3) is 2.03. The maximum atomic E-state index is 10.2. The minimum atomic E-state index is -0.239. The van der Waals surface area contributed by atoms with Crippen LogP contribution in [0.4, 0.5) is 5.69 Å². The lowest BCUT2D eigenvalue weighted by atomic mass is 9.93. The number of anilines is 1. The minimum absolute atomic E-state index is 0.171. The highest BCUT2D eigenvalue weighted by Crippen LogP contribution is 2.39. The summed E-state index contributed by atoms with van der Waals surface area (Å²) >= 11 is 0. The van der Waals surface area contributed by atoms with E-state index in [9.17, 15) is 5.11 Å². The van der Waals surface area contributed by atoms with E-state index in [4.69, 9.17) is 0 Å². The Hall–Kier alpha value is -1.02. The van der Waals surface area contributed by atoms with Crippen LogP contribution in [0.1, 0.15) is 51.2 Å². The van der Waals surface area contributed by atoms with E-state index in [1.165, 1.54) is 16.8 Å². The van der Waals surface area contributed by atoms with Crippen molar-refractivity contribution in [1.82, 2.24) is 0 Å². The van der Waals surface area contributed by atoms with Gasteiger partial charge in [0.1, 0.15) is 0 Å². The number of benzene rings is 1. The Morgan fingerprint density at radius 3 is 2.50 bits per heavy atom. The van der Waals surface area contributed by atoms with Crippen molar-refractivity contribution in [2.24, 2.45) is 0 Å². The van der Waals surface area contributed by atoms with E-state index in [0.717, 1.165) is 13.0 Å². The maximum Gasteiger partial charge on any atom is 0.0783 e. The molecule has 1 atom stereocenters. The first-order valence-corrected chi connectivity index (χ1v) is 6.91. The van der Waals surface area contributed by atoms with Gasteiger partial charge >= 0.3 is 0 Å². The SMILES string of the molecule is Cc1cccc(C(C)C)c1N1CCC(O)C1(C)C. The number of hydrogen-bond acceptors (Lipinski definition) is 2. The smallest absolute Gasteiger partial charge is 0.0783 e. The van der Waals surface area contributed by atoms with Crippen LogP contribution in [0.2, 0.25) is 0 Å². The molecule has 1 saturated heterocycles. The maximum absolute atomic E-state index is 10.2. The van der Waals surface area contributed by atoms with E-state index >= 15 is 0 Å².